The third-order valence-corrected chi connectivity index (χ3v) is 4.80. The Morgan fingerprint density at radius 2 is 2.22 bits per heavy atom. The molecule has 1 aromatic rings. The number of hydrogen-bond acceptors (Lipinski definition) is 3. The van der Waals surface area contributed by atoms with Crippen LogP contribution in [0.15, 0.2) is 18.2 Å². The predicted octanol–water partition coefficient (Wildman–Crippen LogP) is 3.26. The van der Waals surface area contributed by atoms with Crippen LogP contribution >= 0.6 is 35.6 Å². The van der Waals surface area contributed by atoms with E-state index in [4.69, 9.17) is 28.9 Å². The van der Waals surface area contributed by atoms with Gasteiger partial charge in [-0.3, -0.25) is 9.69 Å². The molecule has 0 saturated carbocycles. The Morgan fingerprint density at radius 1 is 1.48 bits per heavy atom. The molecular weight excluding hydrogens is 357 g/mol. The minimum atomic E-state index is 0. The van der Waals surface area contributed by atoms with E-state index in [9.17, 15) is 4.79 Å². The number of rotatable bonds is 5. The summed E-state index contributed by atoms with van der Waals surface area (Å²) >= 11 is 12.4. The van der Waals surface area contributed by atoms with Crippen LogP contribution in [0.5, 0.6) is 0 Å². The molecule has 0 aromatic heterocycles. The van der Waals surface area contributed by atoms with Gasteiger partial charge in [-0.05, 0) is 50.1 Å². The van der Waals surface area contributed by atoms with E-state index in [0.717, 1.165) is 31.5 Å². The summed E-state index contributed by atoms with van der Waals surface area (Å²) in [5.74, 6) is 0.111. The Kier molecular flexibility index (Phi) is 8.65. The van der Waals surface area contributed by atoms with Crippen molar-refractivity contribution < 1.29 is 4.79 Å². The highest BCUT2D eigenvalue weighted by Crippen LogP contribution is 2.32. The van der Waals surface area contributed by atoms with Crippen LogP contribution in [0.2, 0.25) is 10.0 Å². The summed E-state index contributed by atoms with van der Waals surface area (Å²) in [6.45, 7) is 4.81. The molecule has 1 aliphatic rings. The first kappa shape index (κ1) is 20.5. The topological polar surface area (TPSA) is 58.4 Å². The summed E-state index contributed by atoms with van der Waals surface area (Å²) < 4.78 is 0. The highest BCUT2D eigenvalue weighted by atomic mass is 35.5. The Morgan fingerprint density at radius 3 is 2.91 bits per heavy atom. The largest absolute Gasteiger partial charge is 0.355 e. The van der Waals surface area contributed by atoms with Crippen molar-refractivity contribution in [3.63, 3.8) is 0 Å². The Hall–Kier alpha value is -0.520. The first-order valence-corrected chi connectivity index (χ1v) is 8.45. The van der Waals surface area contributed by atoms with Gasteiger partial charge in [0.1, 0.15) is 0 Å². The third-order valence-electron chi connectivity index (χ3n) is 4.22. The van der Waals surface area contributed by atoms with Gasteiger partial charge in [-0.25, -0.2) is 0 Å². The van der Waals surface area contributed by atoms with Gasteiger partial charge in [0.2, 0.25) is 5.91 Å². The van der Waals surface area contributed by atoms with E-state index in [1.54, 1.807) is 6.07 Å². The van der Waals surface area contributed by atoms with Crippen molar-refractivity contribution in [3.8, 4) is 0 Å². The number of halogens is 3. The second-order valence-corrected chi connectivity index (χ2v) is 6.60. The van der Waals surface area contributed by atoms with Crippen LogP contribution in [0.4, 0.5) is 0 Å². The molecule has 1 saturated heterocycles. The van der Waals surface area contributed by atoms with Gasteiger partial charge in [0.25, 0.3) is 0 Å². The van der Waals surface area contributed by atoms with E-state index in [1.807, 2.05) is 12.1 Å². The van der Waals surface area contributed by atoms with Gasteiger partial charge in [-0.2, -0.15) is 0 Å². The monoisotopic (exact) mass is 379 g/mol. The summed E-state index contributed by atoms with van der Waals surface area (Å²) in [7, 11) is 0. The summed E-state index contributed by atoms with van der Waals surface area (Å²) in [4.78, 5) is 14.4. The molecule has 0 aliphatic carbocycles. The second kappa shape index (κ2) is 9.70. The summed E-state index contributed by atoms with van der Waals surface area (Å²) in [5, 5.41) is 4.28. The number of hydrogen-bond donors (Lipinski definition) is 2. The number of carbonyl (C=O) groups is 1. The molecule has 0 radical (unpaired) electrons. The molecule has 0 spiro atoms. The molecule has 0 bridgehead atoms. The van der Waals surface area contributed by atoms with E-state index >= 15 is 0 Å². The van der Waals surface area contributed by atoms with Crippen LogP contribution in [0.1, 0.15) is 31.4 Å². The number of likely N-dealkylation sites (tertiary alicyclic amines) is 1. The quantitative estimate of drug-likeness (QED) is 0.824. The lowest BCUT2D eigenvalue weighted by Gasteiger charge is -2.36. The maximum atomic E-state index is 12.1. The van der Waals surface area contributed by atoms with Crippen LogP contribution < -0.4 is 11.1 Å². The van der Waals surface area contributed by atoms with Crippen molar-refractivity contribution in [2.75, 3.05) is 26.2 Å². The standard InChI is InChI=1S/C16H23Cl2N3O.ClH/c1-11(14-9-13(17)4-5-15(14)18)21-8-2-3-12(10-21)16(22)20-7-6-19;/h4-5,9,11-12H,2-3,6-8,10,19H2,1H3,(H,20,22);1H. The first-order valence-electron chi connectivity index (χ1n) is 7.69. The van der Waals surface area contributed by atoms with E-state index < -0.39 is 0 Å². The van der Waals surface area contributed by atoms with Gasteiger partial charge in [0.15, 0.2) is 0 Å². The number of nitrogens with two attached hydrogens (primary N) is 1. The summed E-state index contributed by atoms with van der Waals surface area (Å²) in [6, 6.07) is 5.66. The van der Waals surface area contributed by atoms with Crippen LogP contribution in [-0.2, 0) is 4.79 Å². The zero-order chi connectivity index (χ0) is 16.1. The van der Waals surface area contributed by atoms with Crippen molar-refractivity contribution in [1.82, 2.24) is 10.2 Å². The van der Waals surface area contributed by atoms with Crippen LogP contribution in [0.3, 0.4) is 0 Å². The van der Waals surface area contributed by atoms with Crippen molar-refractivity contribution in [3.05, 3.63) is 33.8 Å². The van der Waals surface area contributed by atoms with Gasteiger partial charge >= 0.3 is 0 Å². The molecule has 2 unspecified atom stereocenters. The number of nitrogens with one attached hydrogen (secondary N) is 1. The molecule has 1 aliphatic heterocycles. The zero-order valence-corrected chi connectivity index (χ0v) is 15.6. The molecule has 23 heavy (non-hydrogen) atoms. The van der Waals surface area contributed by atoms with Crippen molar-refractivity contribution in [2.24, 2.45) is 11.7 Å². The maximum absolute atomic E-state index is 12.1. The predicted molar refractivity (Wildman–Crippen MR) is 98.5 cm³/mol. The van der Waals surface area contributed by atoms with Crippen molar-refractivity contribution >= 4 is 41.5 Å². The molecule has 2 rings (SSSR count). The Balaban J connectivity index is 0.00000264. The number of carbonyl (C=O) groups excluding carboxylic acids is 1. The Labute approximate surface area is 154 Å². The van der Waals surface area contributed by atoms with E-state index in [1.165, 1.54) is 0 Å². The minimum absolute atomic E-state index is 0. The lowest BCUT2D eigenvalue weighted by molar-refractivity contribution is -0.126. The highest BCUT2D eigenvalue weighted by Gasteiger charge is 2.29. The fraction of sp³-hybridized carbons (Fsp3) is 0.562. The lowest BCUT2D eigenvalue weighted by atomic mass is 9.94. The average molecular weight is 381 g/mol. The van der Waals surface area contributed by atoms with Gasteiger partial charge in [0, 0.05) is 35.7 Å². The number of benzene rings is 1. The summed E-state index contributed by atoms with van der Waals surface area (Å²) in [5.41, 5.74) is 6.45. The van der Waals surface area contributed by atoms with E-state index in [0.29, 0.717) is 23.1 Å². The number of piperidine rings is 1. The van der Waals surface area contributed by atoms with Crippen LogP contribution in [0.25, 0.3) is 0 Å². The van der Waals surface area contributed by atoms with Gasteiger partial charge in [-0.15, -0.1) is 12.4 Å². The molecule has 1 fully saturated rings. The second-order valence-electron chi connectivity index (χ2n) is 5.76. The fourth-order valence-electron chi connectivity index (χ4n) is 2.94. The SMILES string of the molecule is CC(c1cc(Cl)ccc1Cl)N1CCCC(C(=O)NCCN)C1.Cl. The molecular formula is C16H24Cl3N3O. The molecule has 1 amide bonds. The van der Waals surface area contributed by atoms with Gasteiger partial charge in [-0.1, -0.05) is 23.2 Å². The smallest absolute Gasteiger partial charge is 0.224 e. The minimum Gasteiger partial charge on any atom is -0.355 e. The van der Waals surface area contributed by atoms with Crippen molar-refractivity contribution in [2.45, 2.75) is 25.8 Å². The Bertz CT molecular complexity index is 527. The molecule has 2 atom stereocenters. The number of nitrogens with zero attached hydrogens (tertiary/aromatic N) is 1. The molecule has 7 heteroatoms. The van der Waals surface area contributed by atoms with Crippen LogP contribution in [0, 0.1) is 5.92 Å². The lowest BCUT2D eigenvalue weighted by Crippen LogP contribution is -2.44. The van der Waals surface area contributed by atoms with Crippen molar-refractivity contribution in [1.29, 1.82) is 0 Å². The zero-order valence-electron chi connectivity index (χ0n) is 13.2. The average Bonchev–Trinajstić information content (AvgIpc) is 2.54. The summed E-state index contributed by atoms with van der Waals surface area (Å²) in [6.07, 6.45) is 1.92. The molecule has 3 N–H and O–H groups in total. The molecule has 1 heterocycles. The number of amides is 1. The van der Waals surface area contributed by atoms with E-state index in [2.05, 4.69) is 17.1 Å². The fourth-order valence-corrected chi connectivity index (χ4v) is 3.40. The van der Waals surface area contributed by atoms with Crippen LogP contribution in [-0.4, -0.2) is 37.0 Å². The normalized spacial score (nSPS) is 19.7. The molecule has 4 nitrogen and oxygen atoms in total. The van der Waals surface area contributed by atoms with Gasteiger partial charge < -0.3 is 11.1 Å². The maximum Gasteiger partial charge on any atom is 0.224 e. The third kappa shape index (κ3) is 5.50. The molecule has 1 aromatic carbocycles. The first-order chi connectivity index (χ1) is 10.5. The van der Waals surface area contributed by atoms with Gasteiger partial charge in [0.05, 0.1) is 5.92 Å². The highest BCUT2D eigenvalue weighted by molar-refractivity contribution is 6.33. The molecule has 130 valence electrons. The van der Waals surface area contributed by atoms with E-state index in [-0.39, 0.29) is 30.3 Å².